The molecule has 23 heavy (non-hydrogen) atoms. The Kier molecular flexibility index (Phi) is 4.47. The summed E-state index contributed by atoms with van der Waals surface area (Å²) in [6.07, 6.45) is 3.17. The standard InChI is InChI=1S/C20H21NO2/c1-3-15-7-10-19-18(13-15)11-12-21(19)14-16-5-8-17(9-6-16)20(22)23-4-2/h5-13H,3-4,14H2,1-2H3. The van der Waals surface area contributed by atoms with Gasteiger partial charge < -0.3 is 9.30 Å². The largest absolute Gasteiger partial charge is 0.462 e. The van der Waals surface area contributed by atoms with Crippen molar-refractivity contribution in [2.75, 3.05) is 6.61 Å². The second-order valence-corrected chi connectivity index (χ2v) is 5.61. The summed E-state index contributed by atoms with van der Waals surface area (Å²) in [5.41, 5.74) is 4.35. The van der Waals surface area contributed by atoms with Gasteiger partial charge in [-0.25, -0.2) is 4.79 Å². The average molecular weight is 307 g/mol. The van der Waals surface area contributed by atoms with Gasteiger partial charge in [0.15, 0.2) is 0 Å². The highest BCUT2D eigenvalue weighted by atomic mass is 16.5. The molecule has 0 N–H and O–H groups in total. The Morgan fingerprint density at radius 2 is 1.74 bits per heavy atom. The normalized spacial score (nSPS) is 10.9. The Hall–Kier alpha value is -2.55. The molecule has 2 aromatic carbocycles. The first kappa shape index (κ1) is 15.3. The molecule has 3 heteroatoms. The van der Waals surface area contributed by atoms with Crippen molar-refractivity contribution < 1.29 is 9.53 Å². The fraction of sp³-hybridized carbons (Fsp3) is 0.250. The molecule has 0 atom stereocenters. The van der Waals surface area contributed by atoms with E-state index in [0.717, 1.165) is 18.5 Å². The van der Waals surface area contributed by atoms with Crippen LogP contribution in [-0.4, -0.2) is 17.1 Å². The van der Waals surface area contributed by atoms with Gasteiger partial charge in [-0.05, 0) is 60.2 Å². The molecule has 0 fully saturated rings. The van der Waals surface area contributed by atoms with E-state index in [9.17, 15) is 4.79 Å². The van der Waals surface area contributed by atoms with Crippen LogP contribution in [-0.2, 0) is 17.7 Å². The predicted molar refractivity (Wildman–Crippen MR) is 92.8 cm³/mol. The van der Waals surface area contributed by atoms with Crippen LogP contribution in [0.2, 0.25) is 0 Å². The van der Waals surface area contributed by atoms with Crippen molar-refractivity contribution in [2.45, 2.75) is 26.8 Å². The van der Waals surface area contributed by atoms with Crippen molar-refractivity contribution in [3.05, 3.63) is 71.4 Å². The van der Waals surface area contributed by atoms with Crippen molar-refractivity contribution in [1.82, 2.24) is 4.57 Å². The summed E-state index contributed by atoms with van der Waals surface area (Å²) in [5, 5.41) is 1.27. The highest BCUT2D eigenvalue weighted by Crippen LogP contribution is 2.19. The lowest BCUT2D eigenvalue weighted by atomic mass is 10.1. The van der Waals surface area contributed by atoms with Crippen molar-refractivity contribution >= 4 is 16.9 Å². The van der Waals surface area contributed by atoms with Crippen LogP contribution in [0.4, 0.5) is 0 Å². The Bertz CT molecular complexity index is 815. The van der Waals surface area contributed by atoms with E-state index < -0.39 is 0 Å². The topological polar surface area (TPSA) is 31.2 Å². The Labute approximate surface area is 136 Å². The maximum atomic E-state index is 11.7. The highest BCUT2D eigenvalue weighted by molar-refractivity contribution is 5.89. The number of nitrogens with zero attached hydrogens (tertiary/aromatic N) is 1. The summed E-state index contributed by atoms with van der Waals surface area (Å²) >= 11 is 0. The number of rotatable bonds is 5. The molecule has 3 aromatic rings. The van der Waals surface area contributed by atoms with Gasteiger partial charge in [0.2, 0.25) is 0 Å². The SMILES string of the molecule is CCOC(=O)c1ccc(Cn2ccc3cc(CC)ccc32)cc1. The third-order valence-electron chi connectivity index (χ3n) is 4.06. The van der Waals surface area contributed by atoms with Gasteiger partial charge in [-0.2, -0.15) is 0 Å². The van der Waals surface area contributed by atoms with E-state index in [1.165, 1.54) is 16.5 Å². The minimum absolute atomic E-state index is 0.266. The molecule has 3 nitrogen and oxygen atoms in total. The number of hydrogen-bond donors (Lipinski definition) is 0. The molecular weight excluding hydrogens is 286 g/mol. The van der Waals surface area contributed by atoms with Gasteiger partial charge in [0.25, 0.3) is 0 Å². The fourth-order valence-electron chi connectivity index (χ4n) is 2.76. The molecule has 0 amide bonds. The van der Waals surface area contributed by atoms with Crippen LogP contribution in [0.15, 0.2) is 54.7 Å². The molecule has 0 unspecified atom stereocenters. The molecule has 0 saturated heterocycles. The number of carbonyl (C=O) groups excluding carboxylic acids is 1. The van der Waals surface area contributed by atoms with Crippen molar-refractivity contribution in [2.24, 2.45) is 0 Å². The number of hydrogen-bond acceptors (Lipinski definition) is 2. The second-order valence-electron chi connectivity index (χ2n) is 5.61. The van der Waals surface area contributed by atoms with Gasteiger partial charge in [0.1, 0.15) is 0 Å². The average Bonchev–Trinajstić information content (AvgIpc) is 2.98. The van der Waals surface area contributed by atoms with E-state index in [2.05, 4.69) is 42.0 Å². The molecule has 0 spiro atoms. The number of fused-ring (bicyclic) bond motifs is 1. The zero-order valence-corrected chi connectivity index (χ0v) is 13.6. The lowest BCUT2D eigenvalue weighted by Crippen LogP contribution is -2.05. The molecule has 0 aliphatic rings. The number of aromatic nitrogens is 1. The molecule has 118 valence electrons. The van der Waals surface area contributed by atoms with Crippen LogP contribution < -0.4 is 0 Å². The van der Waals surface area contributed by atoms with Crippen molar-refractivity contribution in [3.63, 3.8) is 0 Å². The van der Waals surface area contributed by atoms with E-state index in [1.54, 1.807) is 0 Å². The van der Waals surface area contributed by atoms with Crippen LogP contribution in [0.1, 0.15) is 35.3 Å². The number of aryl methyl sites for hydroxylation is 1. The van der Waals surface area contributed by atoms with Crippen LogP contribution in [0.3, 0.4) is 0 Å². The highest BCUT2D eigenvalue weighted by Gasteiger charge is 2.07. The Morgan fingerprint density at radius 3 is 2.43 bits per heavy atom. The Morgan fingerprint density at radius 1 is 1.00 bits per heavy atom. The zero-order valence-electron chi connectivity index (χ0n) is 13.6. The van der Waals surface area contributed by atoms with Crippen molar-refractivity contribution in [3.8, 4) is 0 Å². The summed E-state index contributed by atoms with van der Waals surface area (Å²) < 4.78 is 7.24. The first-order valence-corrected chi connectivity index (χ1v) is 8.05. The summed E-state index contributed by atoms with van der Waals surface area (Å²) in [6, 6.07) is 16.4. The van der Waals surface area contributed by atoms with E-state index >= 15 is 0 Å². The number of carbonyl (C=O) groups is 1. The lowest BCUT2D eigenvalue weighted by Gasteiger charge is -2.07. The number of esters is 1. The third kappa shape index (κ3) is 3.29. The van der Waals surface area contributed by atoms with Gasteiger partial charge in [-0.1, -0.05) is 25.1 Å². The maximum Gasteiger partial charge on any atom is 0.338 e. The van der Waals surface area contributed by atoms with E-state index in [1.807, 2.05) is 31.2 Å². The number of ether oxygens (including phenoxy) is 1. The monoisotopic (exact) mass is 307 g/mol. The molecule has 0 bridgehead atoms. The van der Waals surface area contributed by atoms with Gasteiger partial charge in [0, 0.05) is 18.3 Å². The van der Waals surface area contributed by atoms with Crippen molar-refractivity contribution in [1.29, 1.82) is 0 Å². The molecule has 0 radical (unpaired) electrons. The van der Waals surface area contributed by atoms with Gasteiger partial charge >= 0.3 is 5.97 Å². The summed E-state index contributed by atoms with van der Waals surface area (Å²) in [4.78, 5) is 11.7. The Balaban J connectivity index is 1.80. The maximum absolute atomic E-state index is 11.7. The molecule has 0 saturated carbocycles. The molecular formula is C20H21NO2. The third-order valence-corrected chi connectivity index (χ3v) is 4.06. The molecule has 0 aliphatic carbocycles. The van der Waals surface area contributed by atoms with Crippen LogP contribution in [0.5, 0.6) is 0 Å². The van der Waals surface area contributed by atoms with Gasteiger partial charge in [-0.15, -0.1) is 0 Å². The van der Waals surface area contributed by atoms with E-state index in [-0.39, 0.29) is 5.97 Å². The molecule has 3 rings (SSSR count). The van der Waals surface area contributed by atoms with E-state index in [0.29, 0.717) is 12.2 Å². The minimum Gasteiger partial charge on any atom is -0.462 e. The molecule has 1 heterocycles. The lowest BCUT2D eigenvalue weighted by molar-refractivity contribution is 0.0526. The zero-order chi connectivity index (χ0) is 16.2. The summed E-state index contributed by atoms with van der Waals surface area (Å²) in [5.74, 6) is -0.266. The molecule has 0 aliphatic heterocycles. The smallest absolute Gasteiger partial charge is 0.338 e. The van der Waals surface area contributed by atoms with Crippen LogP contribution in [0, 0.1) is 0 Å². The quantitative estimate of drug-likeness (QED) is 0.653. The number of benzene rings is 2. The van der Waals surface area contributed by atoms with Gasteiger partial charge in [0.05, 0.1) is 12.2 Å². The summed E-state index contributed by atoms with van der Waals surface area (Å²) in [7, 11) is 0. The molecule has 1 aromatic heterocycles. The second kappa shape index (κ2) is 6.69. The summed E-state index contributed by atoms with van der Waals surface area (Å²) in [6.45, 7) is 5.17. The van der Waals surface area contributed by atoms with Crippen LogP contribution >= 0.6 is 0 Å². The first-order valence-electron chi connectivity index (χ1n) is 8.05. The van der Waals surface area contributed by atoms with E-state index in [4.69, 9.17) is 4.74 Å². The fourth-order valence-corrected chi connectivity index (χ4v) is 2.76. The minimum atomic E-state index is -0.266. The first-order chi connectivity index (χ1) is 11.2. The predicted octanol–water partition coefficient (Wildman–Crippen LogP) is 4.43. The van der Waals surface area contributed by atoms with Gasteiger partial charge in [-0.3, -0.25) is 0 Å². The van der Waals surface area contributed by atoms with Crippen LogP contribution in [0.25, 0.3) is 10.9 Å².